The van der Waals surface area contributed by atoms with Crippen LogP contribution >= 0.6 is 0 Å². The fourth-order valence-electron chi connectivity index (χ4n) is 4.35. The molecule has 0 spiro atoms. The summed E-state index contributed by atoms with van der Waals surface area (Å²) in [7, 11) is 2.07. The van der Waals surface area contributed by atoms with Crippen molar-refractivity contribution in [2.45, 2.75) is 13.0 Å². The van der Waals surface area contributed by atoms with Gasteiger partial charge in [0.1, 0.15) is 12.4 Å². The molecule has 7 nitrogen and oxygen atoms in total. The number of nitrogens with zero attached hydrogens (tertiary/aromatic N) is 5. The van der Waals surface area contributed by atoms with E-state index in [2.05, 4.69) is 74.8 Å². The number of tetrazole rings is 1. The molecule has 6 aromatic rings. The number of fused-ring (bicyclic) bond motifs is 2. The minimum atomic E-state index is 0.427. The van der Waals surface area contributed by atoms with E-state index in [1.54, 1.807) is 0 Å². The second-order valence-electron chi connectivity index (χ2n) is 8.34. The van der Waals surface area contributed by atoms with Gasteiger partial charge in [0.25, 0.3) is 0 Å². The van der Waals surface area contributed by atoms with Crippen molar-refractivity contribution in [1.82, 2.24) is 30.2 Å². The van der Waals surface area contributed by atoms with E-state index in [4.69, 9.17) is 9.72 Å². The number of nitrogens with one attached hydrogen (secondary N) is 1. The zero-order valence-electron chi connectivity index (χ0n) is 18.6. The lowest BCUT2D eigenvalue weighted by molar-refractivity contribution is 0.302. The number of hydrogen-bond donors (Lipinski definition) is 1. The molecule has 166 valence electrons. The fourth-order valence-corrected chi connectivity index (χ4v) is 4.35. The van der Waals surface area contributed by atoms with E-state index in [1.165, 1.54) is 16.5 Å². The van der Waals surface area contributed by atoms with Crippen LogP contribution in [0.5, 0.6) is 5.75 Å². The van der Waals surface area contributed by atoms with Crippen LogP contribution in [0.15, 0.2) is 85.1 Å². The summed E-state index contributed by atoms with van der Waals surface area (Å²) in [5.41, 5.74) is 6.42. The van der Waals surface area contributed by atoms with Crippen molar-refractivity contribution in [2.75, 3.05) is 0 Å². The van der Waals surface area contributed by atoms with Crippen molar-refractivity contribution in [3.63, 3.8) is 0 Å². The Morgan fingerprint density at radius 2 is 1.88 bits per heavy atom. The van der Waals surface area contributed by atoms with Crippen LogP contribution in [0.2, 0.25) is 0 Å². The highest BCUT2D eigenvalue weighted by atomic mass is 16.5. The zero-order chi connectivity index (χ0) is 22.9. The highest BCUT2D eigenvalue weighted by Gasteiger charge is 2.11. The molecular formula is C27H22N6O. The Hall–Kier alpha value is -4.52. The van der Waals surface area contributed by atoms with E-state index >= 15 is 0 Å². The van der Waals surface area contributed by atoms with Gasteiger partial charge in [0.2, 0.25) is 5.82 Å². The normalized spacial score (nSPS) is 11.3. The molecule has 0 aliphatic carbocycles. The predicted molar refractivity (Wildman–Crippen MR) is 131 cm³/mol. The van der Waals surface area contributed by atoms with Crippen LogP contribution in [-0.4, -0.2) is 30.2 Å². The van der Waals surface area contributed by atoms with Gasteiger partial charge in [-0.1, -0.05) is 42.5 Å². The van der Waals surface area contributed by atoms with Gasteiger partial charge in [-0.3, -0.25) is 0 Å². The van der Waals surface area contributed by atoms with Gasteiger partial charge in [0.05, 0.1) is 16.7 Å². The monoisotopic (exact) mass is 446 g/mol. The quantitative estimate of drug-likeness (QED) is 0.386. The van der Waals surface area contributed by atoms with E-state index in [0.717, 1.165) is 39.8 Å². The fraction of sp³-hybridized carbons (Fsp3) is 0.111. The molecule has 3 aromatic heterocycles. The van der Waals surface area contributed by atoms with Crippen LogP contribution in [0.1, 0.15) is 16.8 Å². The number of hydrogen-bond acceptors (Lipinski definition) is 5. The molecule has 0 bridgehead atoms. The number of rotatable bonds is 6. The molecule has 0 unspecified atom stereocenters. The van der Waals surface area contributed by atoms with Crippen LogP contribution in [-0.2, 0) is 20.1 Å². The lowest BCUT2D eigenvalue weighted by atomic mass is 10.0. The summed E-state index contributed by atoms with van der Waals surface area (Å²) in [5.74, 6) is 1.43. The molecule has 1 N–H and O–H groups in total. The average molecular weight is 447 g/mol. The number of aromatic nitrogens is 6. The average Bonchev–Trinajstić information content (AvgIpc) is 3.52. The molecular weight excluding hydrogens is 424 g/mol. The molecule has 0 fully saturated rings. The van der Waals surface area contributed by atoms with Gasteiger partial charge in [-0.25, -0.2) is 4.98 Å². The summed E-state index contributed by atoms with van der Waals surface area (Å²) in [5, 5.41) is 16.7. The molecule has 0 saturated heterocycles. The number of para-hydroxylation sites is 1. The molecule has 0 aliphatic rings. The van der Waals surface area contributed by atoms with Crippen LogP contribution in [0.3, 0.4) is 0 Å². The van der Waals surface area contributed by atoms with Crippen molar-refractivity contribution in [1.29, 1.82) is 0 Å². The molecule has 6 rings (SSSR count). The molecule has 0 aliphatic heterocycles. The zero-order valence-corrected chi connectivity index (χ0v) is 18.6. The Morgan fingerprint density at radius 1 is 0.941 bits per heavy atom. The van der Waals surface area contributed by atoms with Crippen molar-refractivity contribution in [3.05, 3.63) is 102 Å². The summed E-state index contributed by atoms with van der Waals surface area (Å²) in [6.07, 6.45) is 2.99. The minimum absolute atomic E-state index is 0.427. The van der Waals surface area contributed by atoms with Gasteiger partial charge in [-0.2, -0.15) is 5.21 Å². The maximum atomic E-state index is 6.09. The third-order valence-electron chi connectivity index (χ3n) is 6.01. The number of H-pyrrole nitrogens is 1. The van der Waals surface area contributed by atoms with Crippen LogP contribution in [0.25, 0.3) is 33.2 Å². The number of ether oxygens (including phenoxy) is 1. The van der Waals surface area contributed by atoms with E-state index in [1.807, 2.05) is 42.5 Å². The third-order valence-corrected chi connectivity index (χ3v) is 6.01. The van der Waals surface area contributed by atoms with E-state index in [9.17, 15) is 0 Å². The minimum Gasteiger partial charge on any atom is -0.487 e. The summed E-state index contributed by atoms with van der Waals surface area (Å²) in [6, 6.07) is 26.7. The maximum Gasteiger partial charge on any atom is 0.204 e. The molecule has 7 heteroatoms. The van der Waals surface area contributed by atoms with E-state index in [0.29, 0.717) is 12.4 Å². The van der Waals surface area contributed by atoms with Gasteiger partial charge >= 0.3 is 0 Å². The third kappa shape index (κ3) is 3.88. The van der Waals surface area contributed by atoms with Crippen LogP contribution in [0, 0.1) is 0 Å². The summed E-state index contributed by atoms with van der Waals surface area (Å²) >= 11 is 0. The van der Waals surface area contributed by atoms with E-state index in [-0.39, 0.29) is 0 Å². The molecule has 3 heterocycles. The first-order chi connectivity index (χ1) is 16.7. The molecule has 3 aromatic carbocycles. The standard InChI is InChI=1S/C27H22N6O/c1-33-16-21(14-18-5-4-7-20(13-18)27-29-31-32-30-27)24-12-11-23(15-26(24)33)34-17-22-10-9-19-6-2-3-8-25(19)28-22/h2-13,15-16H,14,17H2,1H3,(H,29,30,31,32). The molecule has 0 atom stereocenters. The molecule has 0 amide bonds. The lowest BCUT2D eigenvalue weighted by Crippen LogP contribution is -1.98. The number of benzene rings is 3. The van der Waals surface area contributed by atoms with Crippen LogP contribution < -0.4 is 4.74 Å². The summed E-state index contributed by atoms with van der Waals surface area (Å²) in [4.78, 5) is 4.70. The number of aromatic amines is 1. The smallest absolute Gasteiger partial charge is 0.204 e. The summed E-state index contributed by atoms with van der Waals surface area (Å²) < 4.78 is 8.24. The maximum absolute atomic E-state index is 6.09. The first-order valence-corrected chi connectivity index (χ1v) is 11.1. The Balaban J connectivity index is 1.22. The Morgan fingerprint density at radius 3 is 2.79 bits per heavy atom. The Bertz CT molecular complexity index is 1600. The topological polar surface area (TPSA) is 81.5 Å². The summed E-state index contributed by atoms with van der Waals surface area (Å²) in [6.45, 7) is 0.427. The molecule has 0 saturated carbocycles. The molecule has 34 heavy (non-hydrogen) atoms. The predicted octanol–water partition coefficient (Wildman–Crippen LogP) is 5.08. The Kier molecular flexibility index (Phi) is 4.99. The highest BCUT2D eigenvalue weighted by Crippen LogP contribution is 2.28. The number of aryl methyl sites for hydroxylation is 1. The van der Waals surface area contributed by atoms with Crippen molar-refractivity contribution in [3.8, 4) is 17.1 Å². The van der Waals surface area contributed by atoms with Crippen molar-refractivity contribution >= 4 is 21.8 Å². The van der Waals surface area contributed by atoms with Crippen LogP contribution in [0.4, 0.5) is 0 Å². The molecule has 0 radical (unpaired) electrons. The van der Waals surface area contributed by atoms with Gasteiger partial charge in [0.15, 0.2) is 0 Å². The first kappa shape index (κ1) is 20.1. The lowest BCUT2D eigenvalue weighted by Gasteiger charge is -2.08. The largest absolute Gasteiger partial charge is 0.487 e. The highest BCUT2D eigenvalue weighted by molar-refractivity contribution is 5.85. The second-order valence-corrected chi connectivity index (χ2v) is 8.34. The SMILES string of the molecule is Cn1cc(Cc2cccc(-c3nn[nH]n3)c2)c2ccc(OCc3ccc4ccccc4n3)cc21. The van der Waals surface area contributed by atoms with Gasteiger partial charge in [-0.15, -0.1) is 10.2 Å². The number of pyridine rings is 1. The first-order valence-electron chi connectivity index (χ1n) is 11.1. The van der Waals surface area contributed by atoms with Gasteiger partial charge in [0, 0.05) is 35.6 Å². The Labute approximate surface area is 196 Å². The van der Waals surface area contributed by atoms with E-state index < -0.39 is 0 Å². The van der Waals surface area contributed by atoms with Gasteiger partial charge in [-0.05, 0) is 53.1 Å². The van der Waals surface area contributed by atoms with Gasteiger partial charge < -0.3 is 9.30 Å². The van der Waals surface area contributed by atoms with Crippen molar-refractivity contribution in [2.24, 2.45) is 7.05 Å². The second kappa shape index (κ2) is 8.44. The van der Waals surface area contributed by atoms with Crippen molar-refractivity contribution < 1.29 is 4.74 Å².